The minimum absolute atomic E-state index is 0.541. The van der Waals surface area contributed by atoms with Gasteiger partial charge in [-0.05, 0) is 68.4 Å². The van der Waals surface area contributed by atoms with Crippen molar-refractivity contribution in [3.05, 3.63) is 0 Å². The summed E-state index contributed by atoms with van der Waals surface area (Å²) in [4.78, 5) is 0. The maximum absolute atomic E-state index is 3.50. The zero-order chi connectivity index (χ0) is 17.2. The van der Waals surface area contributed by atoms with Gasteiger partial charge in [-0.2, -0.15) is 0 Å². The zero-order valence-electron chi connectivity index (χ0n) is 17.0. The molecule has 0 bridgehead atoms. The summed E-state index contributed by atoms with van der Waals surface area (Å²) < 4.78 is 0. The van der Waals surface area contributed by atoms with Crippen LogP contribution in [-0.4, -0.2) is 13.1 Å². The highest BCUT2D eigenvalue weighted by atomic mass is 14.9. The van der Waals surface area contributed by atoms with E-state index in [2.05, 4.69) is 39.9 Å². The van der Waals surface area contributed by atoms with Gasteiger partial charge in [-0.15, -0.1) is 0 Å². The molecule has 1 heterocycles. The van der Waals surface area contributed by atoms with E-state index in [1.807, 2.05) is 0 Å². The van der Waals surface area contributed by atoms with E-state index in [9.17, 15) is 0 Å². The van der Waals surface area contributed by atoms with E-state index in [1.165, 1.54) is 90.1 Å². The molecule has 0 unspecified atom stereocenters. The second-order valence-corrected chi connectivity index (χ2v) is 9.74. The van der Waals surface area contributed by atoms with E-state index in [-0.39, 0.29) is 0 Å². The Balaban J connectivity index is 2.16. The summed E-state index contributed by atoms with van der Waals surface area (Å²) >= 11 is 0. The summed E-state index contributed by atoms with van der Waals surface area (Å²) in [6.45, 7) is 14.8. The molecule has 1 saturated heterocycles. The molecule has 138 valence electrons. The van der Waals surface area contributed by atoms with Crippen LogP contribution in [0, 0.1) is 16.7 Å². The Bertz CT molecular complexity index is 286. The lowest BCUT2D eigenvalue weighted by atomic mass is 9.74. The van der Waals surface area contributed by atoms with E-state index < -0.39 is 0 Å². The molecular formula is C22H45N. The Morgan fingerprint density at radius 1 is 0.739 bits per heavy atom. The first kappa shape index (κ1) is 21.0. The summed E-state index contributed by atoms with van der Waals surface area (Å²) in [5.74, 6) is 0.970. The summed E-state index contributed by atoms with van der Waals surface area (Å²) in [5, 5.41) is 3.50. The molecule has 0 saturated carbocycles. The predicted octanol–water partition coefficient (Wildman–Crippen LogP) is 6.96. The molecule has 0 atom stereocenters. The number of nitrogens with one attached hydrogen (secondary N) is 1. The van der Waals surface area contributed by atoms with Gasteiger partial charge in [0.05, 0.1) is 0 Å². The third kappa shape index (κ3) is 10.4. The first-order valence-electron chi connectivity index (χ1n) is 10.6. The molecule has 1 fully saturated rings. The summed E-state index contributed by atoms with van der Waals surface area (Å²) in [6.07, 6.45) is 17.0. The van der Waals surface area contributed by atoms with E-state index in [4.69, 9.17) is 0 Å². The monoisotopic (exact) mass is 323 g/mol. The smallest absolute Gasteiger partial charge is 0.00463 e. The van der Waals surface area contributed by atoms with Gasteiger partial charge in [0.1, 0.15) is 0 Å². The Labute approximate surface area is 147 Å². The molecule has 0 amide bonds. The lowest BCUT2D eigenvalue weighted by Crippen LogP contribution is -2.30. The van der Waals surface area contributed by atoms with Crippen LogP contribution < -0.4 is 5.32 Å². The van der Waals surface area contributed by atoms with Crippen molar-refractivity contribution in [3.63, 3.8) is 0 Å². The Morgan fingerprint density at radius 3 is 1.96 bits per heavy atom. The van der Waals surface area contributed by atoms with Crippen molar-refractivity contribution in [2.45, 2.75) is 112 Å². The quantitative estimate of drug-likeness (QED) is 0.383. The van der Waals surface area contributed by atoms with Crippen molar-refractivity contribution in [1.29, 1.82) is 0 Å². The number of hydrogen-bond donors (Lipinski definition) is 1. The van der Waals surface area contributed by atoms with E-state index in [0.29, 0.717) is 10.8 Å². The van der Waals surface area contributed by atoms with Crippen LogP contribution in [0.15, 0.2) is 0 Å². The highest BCUT2D eigenvalue weighted by molar-refractivity contribution is 4.78. The molecule has 1 aliphatic rings. The molecule has 0 aromatic heterocycles. The first-order valence-corrected chi connectivity index (χ1v) is 10.6. The summed E-state index contributed by atoms with van der Waals surface area (Å²) in [6, 6.07) is 0. The fourth-order valence-electron chi connectivity index (χ4n) is 4.35. The predicted molar refractivity (Wildman–Crippen MR) is 105 cm³/mol. The SMILES string of the molecule is CCCCCCCC(C)(C)CCCC(C)(C)CC1CCNCC1. The van der Waals surface area contributed by atoms with Crippen molar-refractivity contribution >= 4 is 0 Å². The molecule has 0 aromatic rings. The van der Waals surface area contributed by atoms with Gasteiger partial charge >= 0.3 is 0 Å². The van der Waals surface area contributed by atoms with Gasteiger partial charge in [0, 0.05) is 0 Å². The largest absolute Gasteiger partial charge is 0.317 e. The highest BCUT2D eigenvalue weighted by Crippen LogP contribution is 2.37. The van der Waals surface area contributed by atoms with E-state index in [0.717, 1.165) is 5.92 Å². The lowest BCUT2D eigenvalue weighted by Gasteiger charge is -2.33. The summed E-state index contributed by atoms with van der Waals surface area (Å²) in [7, 11) is 0. The number of rotatable bonds is 12. The van der Waals surface area contributed by atoms with Gasteiger partial charge in [-0.1, -0.05) is 73.1 Å². The third-order valence-electron chi connectivity index (χ3n) is 5.96. The van der Waals surface area contributed by atoms with Crippen molar-refractivity contribution < 1.29 is 0 Å². The minimum Gasteiger partial charge on any atom is -0.317 e. The molecule has 1 N–H and O–H groups in total. The average Bonchev–Trinajstić information content (AvgIpc) is 2.47. The van der Waals surface area contributed by atoms with Crippen LogP contribution in [0.2, 0.25) is 0 Å². The number of unbranched alkanes of at least 4 members (excludes halogenated alkanes) is 4. The Hall–Kier alpha value is -0.0400. The summed E-state index contributed by atoms with van der Waals surface area (Å²) in [5.41, 5.74) is 1.09. The molecule has 0 spiro atoms. The van der Waals surface area contributed by atoms with Gasteiger partial charge in [0.25, 0.3) is 0 Å². The van der Waals surface area contributed by atoms with Gasteiger partial charge in [-0.25, -0.2) is 0 Å². The number of piperidine rings is 1. The zero-order valence-corrected chi connectivity index (χ0v) is 17.0. The van der Waals surface area contributed by atoms with Crippen molar-refractivity contribution in [2.75, 3.05) is 13.1 Å². The molecule has 0 radical (unpaired) electrons. The molecule has 0 aliphatic carbocycles. The van der Waals surface area contributed by atoms with Crippen LogP contribution in [0.25, 0.3) is 0 Å². The van der Waals surface area contributed by atoms with Crippen LogP contribution in [0.5, 0.6) is 0 Å². The molecule has 1 aliphatic heterocycles. The van der Waals surface area contributed by atoms with Crippen molar-refractivity contribution in [3.8, 4) is 0 Å². The van der Waals surface area contributed by atoms with E-state index in [1.54, 1.807) is 0 Å². The van der Waals surface area contributed by atoms with Crippen LogP contribution in [0.1, 0.15) is 112 Å². The van der Waals surface area contributed by atoms with Gasteiger partial charge in [0.15, 0.2) is 0 Å². The first-order chi connectivity index (χ1) is 10.8. The second kappa shape index (κ2) is 10.7. The van der Waals surface area contributed by atoms with Crippen LogP contribution in [0.4, 0.5) is 0 Å². The Kier molecular flexibility index (Phi) is 9.82. The average molecular weight is 324 g/mol. The second-order valence-electron chi connectivity index (χ2n) is 9.74. The molecule has 23 heavy (non-hydrogen) atoms. The van der Waals surface area contributed by atoms with E-state index >= 15 is 0 Å². The van der Waals surface area contributed by atoms with Gasteiger partial charge in [0.2, 0.25) is 0 Å². The fraction of sp³-hybridized carbons (Fsp3) is 1.00. The van der Waals surface area contributed by atoms with Gasteiger partial charge < -0.3 is 5.32 Å². The van der Waals surface area contributed by atoms with Crippen molar-refractivity contribution in [2.24, 2.45) is 16.7 Å². The normalized spacial score (nSPS) is 17.6. The van der Waals surface area contributed by atoms with Gasteiger partial charge in [-0.3, -0.25) is 0 Å². The number of hydrogen-bond acceptors (Lipinski definition) is 1. The fourth-order valence-corrected chi connectivity index (χ4v) is 4.35. The highest BCUT2D eigenvalue weighted by Gasteiger charge is 2.25. The lowest BCUT2D eigenvalue weighted by molar-refractivity contribution is 0.194. The molecule has 1 heteroatoms. The molecule has 1 nitrogen and oxygen atoms in total. The topological polar surface area (TPSA) is 12.0 Å². The standard InChI is InChI=1S/C22H45N/c1-6-7-8-9-10-14-21(2,3)15-11-16-22(4,5)19-20-12-17-23-18-13-20/h20,23H,6-19H2,1-5H3. The molecule has 1 rings (SSSR count). The van der Waals surface area contributed by atoms with Crippen LogP contribution >= 0.6 is 0 Å². The van der Waals surface area contributed by atoms with Crippen LogP contribution in [0.3, 0.4) is 0 Å². The molecule has 0 aromatic carbocycles. The Morgan fingerprint density at radius 2 is 1.30 bits per heavy atom. The minimum atomic E-state index is 0.541. The van der Waals surface area contributed by atoms with Crippen LogP contribution in [-0.2, 0) is 0 Å². The third-order valence-corrected chi connectivity index (χ3v) is 5.96. The van der Waals surface area contributed by atoms with Crippen molar-refractivity contribution in [1.82, 2.24) is 5.32 Å². The maximum Gasteiger partial charge on any atom is -0.00463 e. The maximum atomic E-state index is 3.50. The molecular weight excluding hydrogens is 278 g/mol.